The van der Waals surface area contributed by atoms with Crippen LogP contribution in [-0.4, -0.2) is 11.9 Å². The van der Waals surface area contributed by atoms with Crippen LogP contribution in [0.25, 0.3) is 0 Å². The van der Waals surface area contributed by atoms with Gasteiger partial charge in [-0.15, -0.1) is 0 Å². The molecule has 0 unspecified atom stereocenters. The fraction of sp³-hybridized carbons (Fsp3) is 0.0769. The molecule has 2 aromatic carbocycles. The van der Waals surface area contributed by atoms with E-state index < -0.39 is 6.92 Å². The number of benzene rings is 2. The molecule has 0 saturated carbocycles. The zero-order valence-corrected chi connectivity index (χ0v) is 9.78. The lowest BCUT2D eigenvalue weighted by Crippen LogP contribution is -2.43. The molecule has 0 aromatic heterocycles. The van der Waals surface area contributed by atoms with Gasteiger partial charge < -0.3 is 5.02 Å². The highest BCUT2D eigenvalue weighted by Gasteiger charge is 2.18. The Morgan fingerprint density at radius 2 is 1.75 bits per heavy atom. The third-order valence-corrected chi connectivity index (χ3v) is 2.89. The van der Waals surface area contributed by atoms with Crippen LogP contribution in [0.1, 0.15) is 5.56 Å². The highest BCUT2D eigenvalue weighted by atomic mass is 35.5. The van der Waals surface area contributed by atoms with Crippen molar-refractivity contribution in [3.8, 4) is 0 Å². The van der Waals surface area contributed by atoms with Crippen molar-refractivity contribution in [1.29, 1.82) is 0 Å². The molecule has 1 N–H and O–H groups in total. The van der Waals surface area contributed by atoms with Gasteiger partial charge in [0.15, 0.2) is 0 Å². The van der Waals surface area contributed by atoms with Crippen LogP contribution in [0.15, 0.2) is 48.5 Å². The van der Waals surface area contributed by atoms with Gasteiger partial charge in [-0.05, 0) is 30.0 Å². The van der Waals surface area contributed by atoms with Crippen molar-refractivity contribution in [3.63, 3.8) is 0 Å². The smallest absolute Gasteiger partial charge is 0.359 e. The molecule has 16 heavy (non-hydrogen) atoms. The largest absolute Gasteiger partial charge is 0.443 e. The summed E-state index contributed by atoms with van der Waals surface area (Å²) in [4.78, 5) is 0. The summed E-state index contributed by atoms with van der Waals surface area (Å²) < 4.78 is 0. The molecular weight excluding hydrogens is 218 g/mol. The number of halogens is 1. The lowest BCUT2D eigenvalue weighted by molar-refractivity contribution is 0.600. The Balaban J connectivity index is 2.41. The lowest BCUT2D eigenvalue weighted by Gasteiger charge is -2.10. The summed E-state index contributed by atoms with van der Waals surface area (Å²) in [7, 11) is 0. The van der Waals surface area contributed by atoms with Crippen molar-refractivity contribution in [1.82, 2.24) is 0 Å². The summed E-state index contributed by atoms with van der Waals surface area (Å²) in [6.45, 7) is 1.36. The number of aryl methyl sites for hydroxylation is 1. The molecule has 0 amide bonds. The van der Waals surface area contributed by atoms with Crippen molar-refractivity contribution >= 4 is 29.4 Å². The Hall–Kier alpha value is -1.25. The van der Waals surface area contributed by atoms with E-state index in [1.165, 1.54) is 0 Å². The number of hydrogen-bond donors (Lipinski definition) is 1. The first-order chi connectivity index (χ1) is 7.68. The number of rotatable bonds is 2. The van der Waals surface area contributed by atoms with Crippen LogP contribution in [-0.2, 0) is 0 Å². The van der Waals surface area contributed by atoms with Gasteiger partial charge in [0, 0.05) is 5.02 Å². The van der Waals surface area contributed by atoms with Gasteiger partial charge in [0.05, 0.1) is 0 Å². The fourth-order valence-corrected chi connectivity index (χ4v) is 1.90. The molecule has 0 aliphatic rings. The predicted molar refractivity (Wildman–Crippen MR) is 69.9 cm³/mol. The van der Waals surface area contributed by atoms with Crippen LogP contribution in [0.3, 0.4) is 0 Å². The maximum absolute atomic E-state index is 10.2. The lowest BCUT2D eigenvalue weighted by atomic mass is 9.55. The Bertz CT molecular complexity index is 485. The highest BCUT2D eigenvalue weighted by Crippen LogP contribution is 2.07. The standard InChI is InChI=1S/C13H12BClO/c1-10-7-8-12(15)9-13(10)14(16)11-5-3-2-4-6-11/h2-9,16H,1H3. The Morgan fingerprint density at radius 1 is 1.06 bits per heavy atom. The SMILES string of the molecule is Cc1ccc(Cl)cc1B(O)c1ccccc1. The van der Waals surface area contributed by atoms with Crippen LogP contribution >= 0.6 is 11.6 Å². The van der Waals surface area contributed by atoms with E-state index in [1.54, 1.807) is 0 Å². The van der Waals surface area contributed by atoms with Crippen LogP contribution in [0, 0.1) is 6.92 Å². The van der Waals surface area contributed by atoms with Gasteiger partial charge in [0.25, 0.3) is 0 Å². The van der Waals surface area contributed by atoms with Gasteiger partial charge in [0.1, 0.15) is 0 Å². The van der Waals surface area contributed by atoms with Crippen molar-refractivity contribution in [2.45, 2.75) is 6.92 Å². The molecule has 2 aromatic rings. The van der Waals surface area contributed by atoms with Gasteiger partial charge in [-0.25, -0.2) is 0 Å². The fourth-order valence-electron chi connectivity index (χ4n) is 1.72. The van der Waals surface area contributed by atoms with Crippen molar-refractivity contribution in [2.24, 2.45) is 0 Å². The van der Waals surface area contributed by atoms with Crippen molar-refractivity contribution < 1.29 is 5.02 Å². The van der Waals surface area contributed by atoms with Crippen molar-refractivity contribution in [3.05, 3.63) is 59.1 Å². The molecule has 0 aliphatic heterocycles. The quantitative estimate of drug-likeness (QED) is 0.780. The molecule has 0 heterocycles. The Labute approximate surface area is 101 Å². The van der Waals surface area contributed by atoms with Crippen LogP contribution in [0.2, 0.25) is 5.02 Å². The maximum Gasteiger partial charge on any atom is 0.359 e. The molecular formula is C13H12BClO. The molecule has 0 spiro atoms. The van der Waals surface area contributed by atoms with Crippen LogP contribution < -0.4 is 10.9 Å². The minimum atomic E-state index is -0.611. The Morgan fingerprint density at radius 3 is 2.44 bits per heavy atom. The van der Waals surface area contributed by atoms with E-state index in [4.69, 9.17) is 11.6 Å². The molecule has 0 radical (unpaired) electrons. The maximum atomic E-state index is 10.2. The third-order valence-electron chi connectivity index (χ3n) is 2.65. The van der Waals surface area contributed by atoms with E-state index in [0.717, 1.165) is 16.5 Å². The third kappa shape index (κ3) is 2.29. The van der Waals surface area contributed by atoms with E-state index in [1.807, 2.05) is 55.5 Å². The molecule has 3 heteroatoms. The van der Waals surface area contributed by atoms with E-state index in [9.17, 15) is 5.02 Å². The van der Waals surface area contributed by atoms with E-state index in [-0.39, 0.29) is 0 Å². The second-order valence-electron chi connectivity index (χ2n) is 3.81. The first-order valence-electron chi connectivity index (χ1n) is 5.17. The summed E-state index contributed by atoms with van der Waals surface area (Å²) >= 11 is 5.94. The topological polar surface area (TPSA) is 20.2 Å². The molecule has 0 saturated heterocycles. The minimum Gasteiger partial charge on any atom is -0.443 e. The zero-order valence-electron chi connectivity index (χ0n) is 9.02. The second-order valence-corrected chi connectivity index (χ2v) is 4.25. The van der Waals surface area contributed by atoms with Gasteiger partial charge in [-0.1, -0.05) is 53.6 Å². The minimum absolute atomic E-state index is 0.611. The van der Waals surface area contributed by atoms with Crippen LogP contribution in [0.5, 0.6) is 0 Å². The van der Waals surface area contributed by atoms with Gasteiger partial charge in [0.2, 0.25) is 0 Å². The van der Waals surface area contributed by atoms with Gasteiger partial charge in [-0.3, -0.25) is 0 Å². The van der Waals surface area contributed by atoms with Gasteiger partial charge >= 0.3 is 6.92 Å². The van der Waals surface area contributed by atoms with E-state index in [0.29, 0.717) is 5.02 Å². The molecule has 0 fully saturated rings. The average Bonchev–Trinajstić information content (AvgIpc) is 2.32. The molecule has 0 bridgehead atoms. The summed E-state index contributed by atoms with van der Waals surface area (Å²) in [5.74, 6) is 0. The molecule has 0 atom stereocenters. The summed E-state index contributed by atoms with van der Waals surface area (Å²) in [6, 6.07) is 15.1. The monoisotopic (exact) mass is 230 g/mol. The van der Waals surface area contributed by atoms with E-state index in [2.05, 4.69) is 0 Å². The highest BCUT2D eigenvalue weighted by molar-refractivity contribution is 6.79. The molecule has 80 valence electrons. The summed E-state index contributed by atoms with van der Waals surface area (Å²) in [5.41, 5.74) is 2.78. The van der Waals surface area contributed by atoms with Crippen molar-refractivity contribution in [2.75, 3.05) is 0 Å². The van der Waals surface area contributed by atoms with Crippen LogP contribution in [0.4, 0.5) is 0 Å². The first kappa shape index (κ1) is 11.2. The zero-order chi connectivity index (χ0) is 11.5. The molecule has 1 nitrogen and oxygen atoms in total. The first-order valence-corrected chi connectivity index (χ1v) is 5.55. The molecule has 2 rings (SSSR count). The normalized spacial score (nSPS) is 10.2. The summed E-state index contributed by atoms with van der Waals surface area (Å²) in [5, 5.41) is 10.9. The van der Waals surface area contributed by atoms with Gasteiger partial charge in [-0.2, -0.15) is 0 Å². The number of hydrogen-bond acceptors (Lipinski definition) is 1. The second kappa shape index (κ2) is 4.73. The van der Waals surface area contributed by atoms with E-state index >= 15 is 0 Å². The molecule has 0 aliphatic carbocycles. The summed E-state index contributed by atoms with van der Waals surface area (Å²) in [6.07, 6.45) is 0. The Kier molecular flexibility index (Phi) is 3.32. The average molecular weight is 231 g/mol. The predicted octanol–water partition coefficient (Wildman–Crippen LogP) is 1.75.